The average molecular weight is 456 g/mol. The number of hydrogen-bond donors (Lipinski definition) is 1. The summed E-state index contributed by atoms with van der Waals surface area (Å²) in [5.41, 5.74) is 3.90. The first kappa shape index (κ1) is 24.1. The number of halogens is 2. The summed E-state index contributed by atoms with van der Waals surface area (Å²) in [6.45, 7) is -2.61. The molecule has 1 aliphatic carbocycles. The van der Waals surface area contributed by atoms with Crippen LogP contribution in [0.15, 0.2) is 42.7 Å². The van der Waals surface area contributed by atoms with Crippen molar-refractivity contribution in [3.05, 3.63) is 64.9 Å². The predicted molar refractivity (Wildman–Crippen MR) is 122 cm³/mol. The van der Waals surface area contributed by atoms with E-state index < -0.39 is 12.5 Å². The number of alkyl halides is 2. The lowest BCUT2D eigenvalue weighted by atomic mass is 9.89. The summed E-state index contributed by atoms with van der Waals surface area (Å²) in [4.78, 5) is 12.9. The number of fused-ring (bicyclic) bond motifs is 1. The summed E-state index contributed by atoms with van der Waals surface area (Å²) in [5.74, 6) is 2.99. The first-order valence-electron chi connectivity index (χ1n) is 10.8. The van der Waals surface area contributed by atoms with Gasteiger partial charge in [-0.3, -0.25) is 4.79 Å². The summed E-state index contributed by atoms with van der Waals surface area (Å²) >= 11 is 0. The molecule has 0 fully saturated rings. The first-order chi connectivity index (χ1) is 16.0. The van der Waals surface area contributed by atoms with Crippen LogP contribution in [0.3, 0.4) is 0 Å². The number of rotatable bonds is 10. The molecule has 0 radical (unpaired) electrons. The van der Waals surface area contributed by atoms with E-state index >= 15 is 0 Å². The van der Waals surface area contributed by atoms with Gasteiger partial charge in [0.1, 0.15) is 12.9 Å². The molecule has 3 rings (SSSR count). The van der Waals surface area contributed by atoms with Crippen LogP contribution in [0.25, 0.3) is 5.57 Å². The molecule has 1 aliphatic rings. The minimum absolute atomic E-state index is 0.0662. The minimum Gasteiger partial charge on any atom is -0.493 e. The second-order valence-corrected chi connectivity index (χ2v) is 7.60. The fraction of sp³-hybridized carbons (Fsp3) is 0.346. The van der Waals surface area contributed by atoms with Gasteiger partial charge in [0.25, 0.3) is 5.91 Å². The largest absolute Gasteiger partial charge is 0.493 e. The van der Waals surface area contributed by atoms with Crippen molar-refractivity contribution in [1.29, 1.82) is 0 Å². The average Bonchev–Trinajstić information content (AvgIpc) is 2.82. The molecule has 0 atom stereocenters. The van der Waals surface area contributed by atoms with Gasteiger partial charge < -0.3 is 19.5 Å². The summed E-state index contributed by atoms with van der Waals surface area (Å²) in [6, 6.07) is 11.0. The Morgan fingerprint density at radius 1 is 1.15 bits per heavy atom. The summed E-state index contributed by atoms with van der Waals surface area (Å²) in [5, 5.41) is 2.79. The Morgan fingerprint density at radius 2 is 1.94 bits per heavy atom. The van der Waals surface area contributed by atoms with E-state index in [1.165, 1.54) is 12.7 Å². The zero-order valence-corrected chi connectivity index (χ0v) is 18.5. The number of amides is 1. The van der Waals surface area contributed by atoms with Crippen LogP contribution in [0.5, 0.6) is 11.5 Å². The van der Waals surface area contributed by atoms with E-state index in [2.05, 4.69) is 16.0 Å². The Morgan fingerprint density at radius 3 is 2.67 bits per heavy atom. The number of benzene rings is 2. The van der Waals surface area contributed by atoms with Crippen LogP contribution in [-0.4, -0.2) is 32.8 Å². The molecule has 7 heteroatoms. The molecule has 0 spiro atoms. The first-order valence-corrected chi connectivity index (χ1v) is 10.8. The van der Waals surface area contributed by atoms with Crippen LogP contribution in [0.2, 0.25) is 0 Å². The number of ether oxygens (including phenoxy) is 3. The van der Waals surface area contributed by atoms with Crippen LogP contribution in [-0.2, 0) is 28.8 Å². The Bertz CT molecular complexity index is 1040. The second kappa shape index (κ2) is 11.9. The van der Waals surface area contributed by atoms with Crippen LogP contribution in [0.4, 0.5) is 8.78 Å². The highest BCUT2D eigenvalue weighted by Gasteiger charge is 2.17. The van der Waals surface area contributed by atoms with Gasteiger partial charge in [0.2, 0.25) is 0 Å². The highest BCUT2D eigenvalue weighted by molar-refractivity contribution is 6.19. The Labute approximate surface area is 192 Å². The molecule has 0 aliphatic heterocycles. The number of nitrogens with one attached hydrogen (secondary N) is 1. The van der Waals surface area contributed by atoms with Crippen molar-refractivity contribution >= 4 is 11.5 Å². The summed E-state index contributed by atoms with van der Waals surface area (Å²) in [6.07, 6.45) is 10.7. The number of carbonyl (C=O) groups excluding carboxylic acids is 1. The molecule has 5 nitrogen and oxygen atoms in total. The van der Waals surface area contributed by atoms with Gasteiger partial charge in [-0.05, 0) is 66.5 Å². The Kier molecular flexibility index (Phi) is 8.71. The van der Waals surface area contributed by atoms with Gasteiger partial charge in [0.15, 0.2) is 11.5 Å². The summed E-state index contributed by atoms with van der Waals surface area (Å²) in [7, 11) is 1.54. The van der Waals surface area contributed by atoms with E-state index in [4.69, 9.17) is 15.9 Å². The van der Waals surface area contributed by atoms with Crippen LogP contribution in [0, 0.1) is 12.3 Å². The normalized spacial score (nSPS) is 13.1. The lowest BCUT2D eigenvalue weighted by Gasteiger charge is -2.17. The molecular formula is C26H27F2NO4. The van der Waals surface area contributed by atoms with Gasteiger partial charge in [-0.2, -0.15) is 8.78 Å². The maximum atomic E-state index is 12.9. The number of terminal acetylenes is 1. The minimum atomic E-state index is -3.01. The molecule has 2 aromatic carbocycles. The third kappa shape index (κ3) is 6.72. The third-order valence-corrected chi connectivity index (χ3v) is 5.43. The highest BCUT2D eigenvalue weighted by Crippen LogP contribution is 2.28. The zero-order chi connectivity index (χ0) is 23.6. The van der Waals surface area contributed by atoms with Gasteiger partial charge in [-0.15, -0.1) is 6.42 Å². The maximum absolute atomic E-state index is 12.9. The van der Waals surface area contributed by atoms with E-state index in [9.17, 15) is 13.6 Å². The fourth-order valence-electron chi connectivity index (χ4n) is 3.80. The molecule has 0 heterocycles. The van der Waals surface area contributed by atoms with Crippen molar-refractivity contribution < 1.29 is 27.8 Å². The number of methoxy groups -OCH3 is 1. The number of aryl methyl sites for hydroxylation is 2. The predicted octanol–water partition coefficient (Wildman–Crippen LogP) is 4.53. The smallest absolute Gasteiger partial charge is 0.386 e. The molecule has 0 saturated heterocycles. The van der Waals surface area contributed by atoms with Crippen LogP contribution in [0.1, 0.15) is 35.1 Å². The van der Waals surface area contributed by atoms with Gasteiger partial charge in [-0.1, -0.05) is 30.2 Å². The monoisotopic (exact) mass is 455 g/mol. The molecule has 0 bridgehead atoms. The highest BCUT2D eigenvalue weighted by atomic mass is 19.3. The van der Waals surface area contributed by atoms with Crippen molar-refractivity contribution in [2.45, 2.75) is 38.7 Å². The molecule has 174 valence electrons. The van der Waals surface area contributed by atoms with Crippen molar-refractivity contribution in [2.75, 3.05) is 20.3 Å². The summed E-state index contributed by atoms with van der Waals surface area (Å²) < 4.78 is 40.5. The van der Waals surface area contributed by atoms with Crippen molar-refractivity contribution in [1.82, 2.24) is 5.32 Å². The van der Waals surface area contributed by atoms with Gasteiger partial charge in [0.05, 0.1) is 12.7 Å². The Hall–Kier alpha value is -3.53. The van der Waals surface area contributed by atoms with E-state index in [1.54, 1.807) is 18.2 Å². The molecule has 1 N–H and O–H groups in total. The van der Waals surface area contributed by atoms with E-state index in [0.29, 0.717) is 23.5 Å². The number of hydrogen-bond acceptors (Lipinski definition) is 4. The fourth-order valence-corrected chi connectivity index (χ4v) is 3.80. The quantitative estimate of drug-likeness (QED) is 0.325. The topological polar surface area (TPSA) is 56.8 Å². The molecule has 0 aromatic heterocycles. The number of carbonyl (C=O) groups is 1. The van der Waals surface area contributed by atoms with Gasteiger partial charge in [-0.25, -0.2) is 0 Å². The molecule has 33 heavy (non-hydrogen) atoms. The van der Waals surface area contributed by atoms with Crippen LogP contribution < -0.4 is 14.8 Å². The van der Waals surface area contributed by atoms with Crippen LogP contribution >= 0.6 is 0 Å². The molecule has 1 amide bonds. The molecule has 2 aromatic rings. The van der Waals surface area contributed by atoms with Gasteiger partial charge in [0, 0.05) is 6.54 Å². The lowest BCUT2D eigenvalue weighted by Crippen LogP contribution is -2.27. The Balaban J connectivity index is 1.69. The van der Waals surface area contributed by atoms with E-state index in [-0.39, 0.29) is 18.7 Å². The SMILES string of the molecule is C#CCOc1cc(CCNC(=O)/C(=C/OC(F)F)c2ccc3c(c2)CCCC3)ccc1OC. The standard InChI is InChI=1S/C26H27F2NO4/c1-3-14-32-24-15-18(8-11-23(24)31-2)12-13-29-25(30)22(17-33-26(27)28)21-10-9-19-6-4-5-7-20(19)16-21/h1,8-11,15-17,26H,4-7,12-14H2,2H3,(H,29,30)/b22-17+. The zero-order valence-electron chi connectivity index (χ0n) is 18.5. The molecular weight excluding hydrogens is 428 g/mol. The maximum Gasteiger partial charge on any atom is 0.386 e. The molecule has 0 saturated carbocycles. The third-order valence-electron chi connectivity index (χ3n) is 5.43. The lowest BCUT2D eigenvalue weighted by molar-refractivity contribution is -0.116. The molecule has 0 unspecified atom stereocenters. The van der Waals surface area contributed by atoms with E-state index in [1.807, 2.05) is 18.2 Å². The van der Waals surface area contributed by atoms with Crippen molar-refractivity contribution in [3.8, 4) is 23.8 Å². The van der Waals surface area contributed by atoms with Crippen molar-refractivity contribution in [3.63, 3.8) is 0 Å². The van der Waals surface area contributed by atoms with E-state index in [0.717, 1.165) is 43.1 Å². The second-order valence-electron chi connectivity index (χ2n) is 7.60. The van der Waals surface area contributed by atoms with Crippen molar-refractivity contribution in [2.24, 2.45) is 0 Å². The van der Waals surface area contributed by atoms with Gasteiger partial charge >= 0.3 is 6.61 Å².